The summed E-state index contributed by atoms with van der Waals surface area (Å²) in [4.78, 5) is 0. The van der Waals surface area contributed by atoms with Gasteiger partial charge in [-0.3, -0.25) is 0 Å². The summed E-state index contributed by atoms with van der Waals surface area (Å²) in [6.45, 7) is 0. The summed E-state index contributed by atoms with van der Waals surface area (Å²) in [5.41, 5.74) is 22.8. The molecule has 330 valence electrons. The molecule has 14 rings (SSSR count). The minimum absolute atomic E-state index is 0.859. The van der Waals surface area contributed by atoms with E-state index in [4.69, 9.17) is 0 Å². The highest BCUT2D eigenvalue weighted by molar-refractivity contribution is 6.28. The van der Waals surface area contributed by atoms with E-state index in [1.54, 1.807) is 0 Å². The molecular weight excluding hydrogens is 853 g/mol. The van der Waals surface area contributed by atoms with E-state index in [0.29, 0.717) is 0 Å². The molecule has 0 saturated heterocycles. The third-order valence-electron chi connectivity index (χ3n) is 15.0. The monoisotopic (exact) mass is 898 g/mol. The van der Waals surface area contributed by atoms with Crippen molar-refractivity contribution in [3.63, 3.8) is 0 Å². The van der Waals surface area contributed by atoms with Crippen LogP contribution in [-0.4, -0.2) is 0 Å². The average molecular weight is 899 g/mol. The first-order valence-electron chi connectivity index (χ1n) is 24.8. The van der Waals surface area contributed by atoms with E-state index in [2.05, 4.69) is 267 Å². The van der Waals surface area contributed by atoms with Gasteiger partial charge < -0.3 is 0 Å². The van der Waals surface area contributed by atoms with Gasteiger partial charge in [-0.15, -0.1) is 0 Å². The van der Waals surface area contributed by atoms with E-state index in [-0.39, 0.29) is 0 Å². The Balaban J connectivity index is 0.822. The molecule has 0 aliphatic heterocycles. The molecule has 0 amide bonds. The molecule has 0 nitrogen and oxygen atoms in total. The second kappa shape index (κ2) is 16.8. The Morgan fingerprint density at radius 3 is 0.986 bits per heavy atom. The second-order valence-corrected chi connectivity index (χ2v) is 19.1. The Bertz CT molecular complexity index is 4170. The van der Waals surface area contributed by atoms with Gasteiger partial charge in [0.05, 0.1) is 0 Å². The summed E-state index contributed by atoms with van der Waals surface area (Å²) in [6.07, 6.45) is 0.859. The highest BCUT2D eigenvalue weighted by Gasteiger charge is 2.30. The van der Waals surface area contributed by atoms with Crippen LogP contribution in [0.4, 0.5) is 0 Å². The maximum absolute atomic E-state index is 2.45. The molecule has 13 aromatic carbocycles. The quantitative estimate of drug-likeness (QED) is 0.133. The fraction of sp³-hybridized carbons (Fsp3) is 0.0141. The maximum atomic E-state index is 2.45. The Hall–Kier alpha value is -9.10. The largest absolute Gasteiger partial charge is 0.0622 e. The fourth-order valence-electron chi connectivity index (χ4n) is 11.8. The van der Waals surface area contributed by atoms with Crippen LogP contribution in [0.5, 0.6) is 0 Å². The van der Waals surface area contributed by atoms with Gasteiger partial charge in [0.1, 0.15) is 0 Å². The first kappa shape index (κ1) is 40.9. The van der Waals surface area contributed by atoms with Crippen molar-refractivity contribution in [1.82, 2.24) is 0 Å². The predicted octanol–water partition coefficient (Wildman–Crippen LogP) is 19.5. The van der Waals surface area contributed by atoms with Gasteiger partial charge in [-0.25, -0.2) is 0 Å². The molecule has 0 atom stereocenters. The van der Waals surface area contributed by atoms with Crippen molar-refractivity contribution < 1.29 is 0 Å². The highest BCUT2D eigenvalue weighted by atomic mass is 14.3. The molecule has 71 heavy (non-hydrogen) atoms. The van der Waals surface area contributed by atoms with E-state index in [1.165, 1.54) is 143 Å². The van der Waals surface area contributed by atoms with Crippen LogP contribution < -0.4 is 0 Å². The van der Waals surface area contributed by atoms with Gasteiger partial charge in [0.2, 0.25) is 0 Å². The third kappa shape index (κ3) is 6.83. The van der Waals surface area contributed by atoms with Crippen molar-refractivity contribution in [1.29, 1.82) is 0 Å². The SMILES string of the molecule is c1ccc(-c2c3c(c(-c4ccccc4)c4cc(-c5ccc(Cc6ccc(-c7ccc8c(-c9ccccc9)c9ccccc9c(-c9ccccc9)c8c7)cc6)cc5)ccc24)-c2cccc4cccc-3c24)cc1. The Labute approximate surface area is 414 Å². The van der Waals surface area contributed by atoms with E-state index in [9.17, 15) is 0 Å². The van der Waals surface area contributed by atoms with Gasteiger partial charge >= 0.3 is 0 Å². The number of rotatable bonds is 8. The van der Waals surface area contributed by atoms with Gasteiger partial charge in [0, 0.05) is 0 Å². The molecule has 0 fully saturated rings. The standard InChI is InChI=1S/C71H46/c1-5-17-50(18-6-1)65-57-27-13-14-28-58(57)66(51-19-7-2-8-20-51)63-44-55(39-41-59(63)65)48-35-31-46(32-36-48)43-47-33-37-49(38-34-47)56-40-42-60-64(45-56)69(54-23-11-4-12-24-54)71-62-30-16-26-52-25-15-29-61(67(52)62)70(71)68(60)53-21-9-3-10-22-53/h1-42,44-45H,43H2. The molecule has 0 bridgehead atoms. The molecule has 1 aliphatic rings. The molecule has 0 N–H and O–H groups in total. The summed E-state index contributed by atoms with van der Waals surface area (Å²) in [6, 6.07) is 98.9. The van der Waals surface area contributed by atoms with Crippen LogP contribution in [0.15, 0.2) is 267 Å². The van der Waals surface area contributed by atoms with Crippen LogP contribution in [0.2, 0.25) is 0 Å². The summed E-state index contributed by atoms with van der Waals surface area (Å²) in [5, 5.41) is 10.2. The van der Waals surface area contributed by atoms with Crippen LogP contribution in [0.3, 0.4) is 0 Å². The first-order valence-corrected chi connectivity index (χ1v) is 24.8. The van der Waals surface area contributed by atoms with Crippen LogP contribution >= 0.6 is 0 Å². The summed E-state index contributed by atoms with van der Waals surface area (Å²) in [7, 11) is 0. The van der Waals surface area contributed by atoms with E-state index < -0.39 is 0 Å². The molecule has 13 aromatic rings. The lowest BCUT2D eigenvalue weighted by Crippen LogP contribution is -1.94. The van der Waals surface area contributed by atoms with E-state index >= 15 is 0 Å². The Morgan fingerprint density at radius 2 is 0.535 bits per heavy atom. The van der Waals surface area contributed by atoms with Gasteiger partial charge in [0.25, 0.3) is 0 Å². The summed E-state index contributed by atoms with van der Waals surface area (Å²) in [5.74, 6) is 0. The molecule has 0 heterocycles. The lowest BCUT2D eigenvalue weighted by molar-refractivity contribution is 1.19. The van der Waals surface area contributed by atoms with Crippen LogP contribution in [0.25, 0.3) is 132 Å². The lowest BCUT2D eigenvalue weighted by atomic mass is 9.82. The summed E-state index contributed by atoms with van der Waals surface area (Å²) < 4.78 is 0. The van der Waals surface area contributed by atoms with Gasteiger partial charge in [-0.1, -0.05) is 255 Å². The molecule has 0 unspecified atom stereocenters. The zero-order valence-corrected chi connectivity index (χ0v) is 39.1. The Morgan fingerprint density at radius 1 is 0.197 bits per heavy atom. The second-order valence-electron chi connectivity index (χ2n) is 19.1. The molecule has 0 aromatic heterocycles. The van der Waals surface area contributed by atoms with Gasteiger partial charge in [-0.2, -0.15) is 0 Å². The normalized spacial score (nSPS) is 11.7. The van der Waals surface area contributed by atoms with Crippen molar-refractivity contribution in [2.24, 2.45) is 0 Å². The van der Waals surface area contributed by atoms with Crippen molar-refractivity contribution in [2.75, 3.05) is 0 Å². The van der Waals surface area contributed by atoms with E-state index in [0.717, 1.165) is 6.42 Å². The van der Waals surface area contributed by atoms with Crippen LogP contribution in [-0.2, 0) is 6.42 Å². The topological polar surface area (TPSA) is 0 Å². The number of fused-ring (bicyclic) bond motifs is 6. The van der Waals surface area contributed by atoms with Gasteiger partial charge in [0.15, 0.2) is 0 Å². The van der Waals surface area contributed by atoms with Crippen molar-refractivity contribution in [3.05, 3.63) is 278 Å². The van der Waals surface area contributed by atoms with Gasteiger partial charge in [-0.05, 0) is 162 Å². The average Bonchev–Trinajstić information content (AvgIpc) is 3.77. The predicted molar refractivity (Wildman–Crippen MR) is 303 cm³/mol. The first-order chi connectivity index (χ1) is 35.2. The fourth-order valence-corrected chi connectivity index (χ4v) is 11.8. The lowest BCUT2D eigenvalue weighted by Gasteiger charge is -2.21. The molecule has 0 radical (unpaired) electrons. The Kier molecular flexibility index (Phi) is 9.71. The van der Waals surface area contributed by atoms with Crippen molar-refractivity contribution in [2.45, 2.75) is 6.42 Å². The van der Waals surface area contributed by atoms with Crippen LogP contribution in [0.1, 0.15) is 11.1 Å². The maximum Gasteiger partial charge on any atom is -0.000741 e. The molecule has 0 saturated carbocycles. The molecule has 0 heteroatoms. The van der Waals surface area contributed by atoms with Crippen LogP contribution in [0, 0.1) is 0 Å². The smallest absolute Gasteiger partial charge is 0.000741 e. The zero-order chi connectivity index (χ0) is 46.8. The van der Waals surface area contributed by atoms with Crippen molar-refractivity contribution >= 4 is 43.1 Å². The molecule has 0 spiro atoms. The highest BCUT2D eigenvalue weighted by Crippen LogP contribution is 2.58. The molecule has 1 aliphatic carbocycles. The number of hydrogen-bond acceptors (Lipinski definition) is 0. The summed E-state index contributed by atoms with van der Waals surface area (Å²) >= 11 is 0. The number of benzene rings is 13. The van der Waals surface area contributed by atoms with Crippen molar-refractivity contribution in [3.8, 4) is 89.0 Å². The third-order valence-corrected chi connectivity index (χ3v) is 15.0. The minimum Gasteiger partial charge on any atom is -0.0622 e. The van der Waals surface area contributed by atoms with E-state index in [1.807, 2.05) is 0 Å². The zero-order valence-electron chi connectivity index (χ0n) is 39.1. The molecular formula is C71H46. The number of hydrogen-bond donors (Lipinski definition) is 0. The minimum atomic E-state index is 0.859.